The predicted molar refractivity (Wildman–Crippen MR) is 78.4 cm³/mol. The van der Waals surface area contributed by atoms with E-state index in [1.165, 1.54) is 8.71 Å². The Morgan fingerprint density at radius 3 is 3.05 bits per heavy atom. The first kappa shape index (κ1) is 14.3. The van der Waals surface area contributed by atoms with Gasteiger partial charge in [-0.05, 0) is 25.0 Å². The molecule has 1 unspecified atom stereocenters. The van der Waals surface area contributed by atoms with Gasteiger partial charge >= 0.3 is 0 Å². The van der Waals surface area contributed by atoms with E-state index in [1.807, 2.05) is 0 Å². The first-order valence-corrected chi connectivity index (χ1v) is 8.24. The van der Waals surface area contributed by atoms with Gasteiger partial charge in [0.15, 0.2) is 10.8 Å². The van der Waals surface area contributed by atoms with E-state index in [0.717, 1.165) is 12.8 Å². The van der Waals surface area contributed by atoms with Crippen LogP contribution in [-0.4, -0.2) is 48.4 Å². The molecular formula is C13H18N4O3S. The van der Waals surface area contributed by atoms with Gasteiger partial charge in [-0.15, -0.1) is 0 Å². The smallest absolute Gasteiger partial charge is 0.262 e. The molecule has 1 atom stereocenters. The Balaban J connectivity index is 1.97. The van der Waals surface area contributed by atoms with Gasteiger partial charge in [-0.2, -0.15) is 4.31 Å². The van der Waals surface area contributed by atoms with Crippen LogP contribution in [0.25, 0.3) is 5.65 Å². The van der Waals surface area contributed by atoms with Crippen molar-refractivity contribution < 1.29 is 13.2 Å². The lowest BCUT2D eigenvalue weighted by molar-refractivity contribution is 0.0978. The summed E-state index contributed by atoms with van der Waals surface area (Å²) in [5.41, 5.74) is 6.33. The number of pyridine rings is 1. The lowest BCUT2D eigenvalue weighted by Gasteiger charge is -2.20. The van der Waals surface area contributed by atoms with Crippen molar-refractivity contribution in [1.82, 2.24) is 13.7 Å². The van der Waals surface area contributed by atoms with Crippen LogP contribution in [0.5, 0.6) is 0 Å². The van der Waals surface area contributed by atoms with Gasteiger partial charge in [0.05, 0.1) is 6.10 Å². The van der Waals surface area contributed by atoms with Gasteiger partial charge in [0, 0.05) is 26.4 Å². The summed E-state index contributed by atoms with van der Waals surface area (Å²) in [6, 6.07) is 5.25. The number of nitrogens with two attached hydrogens (primary N) is 1. The summed E-state index contributed by atoms with van der Waals surface area (Å²) < 4.78 is 33.8. The second-order valence-electron chi connectivity index (χ2n) is 5.15. The largest absolute Gasteiger partial charge is 0.381 e. The van der Waals surface area contributed by atoms with Gasteiger partial charge in [-0.1, -0.05) is 6.07 Å². The molecule has 0 saturated carbocycles. The molecular weight excluding hydrogens is 292 g/mol. The van der Waals surface area contributed by atoms with E-state index in [0.29, 0.717) is 18.8 Å². The Morgan fingerprint density at radius 2 is 2.33 bits per heavy atom. The van der Waals surface area contributed by atoms with Crippen molar-refractivity contribution in [3.8, 4) is 0 Å². The fraction of sp³-hybridized carbons (Fsp3) is 0.462. The van der Waals surface area contributed by atoms with Crippen LogP contribution in [-0.2, 0) is 14.8 Å². The van der Waals surface area contributed by atoms with Crippen molar-refractivity contribution in [2.45, 2.75) is 24.0 Å². The number of aromatic nitrogens is 2. The third-order valence-electron chi connectivity index (χ3n) is 3.65. The molecule has 2 N–H and O–H groups in total. The van der Waals surface area contributed by atoms with Crippen molar-refractivity contribution in [2.75, 3.05) is 25.9 Å². The van der Waals surface area contributed by atoms with Crippen LogP contribution in [0, 0.1) is 0 Å². The van der Waals surface area contributed by atoms with E-state index >= 15 is 0 Å². The number of ether oxygens (including phenoxy) is 1. The fourth-order valence-corrected chi connectivity index (χ4v) is 3.94. The van der Waals surface area contributed by atoms with Crippen molar-refractivity contribution in [3.05, 3.63) is 24.4 Å². The van der Waals surface area contributed by atoms with Crippen molar-refractivity contribution >= 4 is 21.5 Å². The predicted octanol–water partition coefficient (Wildman–Crippen LogP) is 0.716. The van der Waals surface area contributed by atoms with Crippen LogP contribution in [0.1, 0.15) is 12.8 Å². The summed E-state index contributed by atoms with van der Waals surface area (Å²) in [6.45, 7) is 1.01. The lowest BCUT2D eigenvalue weighted by atomic mass is 10.2. The number of sulfonamides is 1. The van der Waals surface area contributed by atoms with Gasteiger partial charge in [-0.3, -0.25) is 4.40 Å². The molecule has 1 saturated heterocycles. The molecule has 1 aliphatic heterocycles. The second-order valence-corrected chi connectivity index (χ2v) is 7.11. The topological polar surface area (TPSA) is 89.9 Å². The van der Waals surface area contributed by atoms with Crippen LogP contribution in [0.3, 0.4) is 0 Å². The van der Waals surface area contributed by atoms with E-state index in [4.69, 9.17) is 10.5 Å². The monoisotopic (exact) mass is 310 g/mol. The van der Waals surface area contributed by atoms with Crippen molar-refractivity contribution in [1.29, 1.82) is 0 Å². The summed E-state index contributed by atoms with van der Waals surface area (Å²) >= 11 is 0. The normalized spacial score (nSPS) is 19.6. The molecule has 8 heteroatoms. The number of imidazole rings is 1. The quantitative estimate of drug-likeness (QED) is 0.898. The second kappa shape index (κ2) is 5.28. The Morgan fingerprint density at radius 1 is 1.52 bits per heavy atom. The number of nitrogens with zero attached hydrogens (tertiary/aromatic N) is 3. The Labute approximate surface area is 123 Å². The number of rotatable bonds is 4. The highest BCUT2D eigenvalue weighted by Crippen LogP contribution is 2.24. The third-order valence-corrected chi connectivity index (χ3v) is 5.51. The minimum atomic E-state index is -3.71. The zero-order valence-corrected chi connectivity index (χ0v) is 12.6. The first-order chi connectivity index (χ1) is 10.00. The molecule has 0 aliphatic carbocycles. The maximum atomic E-state index is 12.7. The zero-order valence-electron chi connectivity index (χ0n) is 11.8. The van der Waals surface area contributed by atoms with Crippen LogP contribution >= 0.6 is 0 Å². The Kier molecular flexibility index (Phi) is 3.60. The lowest BCUT2D eigenvalue weighted by Crippen LogP contribution is -2.35. The molecule has 0 radical (unpaired) electrons. The van der Waals surface area contributed by atoms with Crippen molar-refractivity contribution in [2.24, 2.45) is 0 Å². The molecule has 2 aromatic heterocycles. The number of likely N-dealkylation sites (N-methyl/N-ethyl adjacent to an activating group) is 1. The molecule has 0 aromatic carbocycles. The summed E-state index contributed by atoms with van der Waals surface area (Å²) in [6.07, 6.45) is 3.44. The molecule has 2 aromatic rings. The van der Waals surface area contributed by atoms with Gasteiger partial charge in [-0.25, -0.2) is 13.4 Å². The van der Waals surface area contributed by atoms with Gasteiger partial charge in [0.25, 0.3) is 10.0 Å². The van der Waals surface area contributed by atoms with Crippen LogP contribution in [0.2, 0.25) is 0 Å². The molecule has 0 bridgehead atoms. The Hall–Kier alpha value is -1.64. The summed E-state index contributed by atoms with van der Waals surface area (Å²) in [5.74, 6) is 0.0143. The molecule has 0 spiro atoms. The minimum Gasteiger partial charge on any atom is -0.381 e. The standard InChI is InChI=1S/C13H18N4O3S/c1-16(9-10-5-4-8-20-10)21(18,19)13-12(14)15-11-6-2-3-7-17(11)13/h2-3,6-7,10H,4-5,8-9,14H2,1H3. The van der Waals surface area contributed by atoms with E-state index < -0.39 is 10.0 Å². The van der Waals surface area contributed by atoms with E-state index in [2.05, 4.69) is 4.98 Å². The molecule has 1 aliphatic rings. The number of nitrogen functional groups attached to an aromatic ring is 1. The fourth-order valence-electron chi connectivity index (χ4n) is 2.57. The average molecular weight is 310 g/mol. The molecule has 0 amide bonds. The maximum Gasteiger partial charge on any atom is 0.262 e. The summed E-state index contributed by atoms with van der Waals surface area (Å²) in [7, 11) is -2.17. The molecule has 1 fully saturated rings. The maximum absolute atomic E-state index is 12.7. The van der Waals surface area contributed by atoms with Gasteiger partial charge in [0.2, 0.25) is 0 Å². The average Bonchev–Trinajstić information content (AvgIpc) is 3.04. The van der Waals surface area contributed by atoms with E-state index in [1.54, 1.807) is 31.4 Å². The number of fused-ring (bicyclic) bond motifs is 1. The number of hydrogen-bond donors (Lipinski definition) is 1. The molecule has 3 heterocycles. The van der Waals surface area contributed by atoms with Gasteiger partial charge < -0.3 is 10.5 Å². The molecule has 7 nitrogen and oxygen atoms in total. The number of anilines is 1. The minimum absolute atomic E-state index is 0.0126. The summed E-state index contributed by atoms with van der Waals surface area (Å²) in [5, 5.41) is 0.0126. The van der Waals surface area contributed by atoms with Crippen LogP contribution < -0.4 is 5.73 Å². The zero-order chi connectivity index (χ0) is 15.0. The highest BCUT2D eigenvalue weighted by atomic mass is 32.2. The molecule has 3 rings (SSSR count). The highest BCUT2D eigenvalue weighted by Gasteiger charge is 2.30. The Bertz CT molecular complexity index is 750. The van der Waals surface area contributed by atoms with E-state index in [9.17, 15) is 8.42 Å². The summed E-state index contributed by atoms with van der Waals surface area (Å²) in [4.78, 5) is 4.10. The SMILES string of the molecule is CN(CC1CCCO1)S(=O)(=O)c1c(N)nc2ccccn12. The van der Waals surface area contributed by atoms with Crippen LogP contribution in [0.15, 0.2) is 29.4 Å². The van der Waals surface area contributed by atoms with E-state index in [-0.39, 0.29) is 16.9 Å². The highest BCUT2D eigenvalue weighted by molar-refractivity contribution is 7.89. The molecule has 21 heavy (non-hydrogen) atoms. The third kappa shape index (κ3) is 2.50. The van der Waals surface area contributed by atoms with Crippen LogP contribution in [0.4, 0.5) is 5.82 Å². The molecule has 114 valence electrons. The van der Waals surface area contributed by atoms with Crippen molar-refractivity contribution in [3.63, 3.8) is 0 Å². The van der Waals surface area contributed by atoms with Gasteiger partial charge in [0.1, 0.15) is 5.65 Å². The number of hydrogen-bond acceptors (Lipinski definition) is 5. The first-order valence-electron chi connectivity index (χ1n) is 6.80.